The molecule has 0 saturated carbocycles. The van der Waals surface area contributed by atoms with Crippen molar-refractivity contribution >= 4 is 0 Å². The van der Waals surface area contributed by atoms with E-state index < -0.39 is 0 Å². The van der Waals surface area contributed by atoms with Gasteiger partial charge in [0.25, 0.3) is 0 Å². The lowest BCUT2D eigenvalue weighted by atomic mass is 9.71. The third-order valence-electron chi connectivity index (χ3n) is 4.51. The molecule has 0 saturated heterocycles. The van der Waals surface area contributed by atoms with Gasteiger partial charge in [0.15, 0.2) is 0 Å². The summed E-state index contributed by atoms with van der Waals surface area (Å²) in [6.45, 7) is 12.5. The Balaban J connectivity index is 3.85. The molecule has 0 unspecified atom stereocenters. The summed E-state index contributed by atoms with van der Waals surface area (Å²) in [6.07, 6.45) is 5.24. The Morgan fingerprint density at radius 2 is 1.30 bits per heavy atom. The highest BCUT2D eigenvalue weighted by Crippen LogP contribution is 2.35. The molecule has 20 heavy (non-hydrogen) atoms. The van der Waals surface area contributed by atoms with Crippen LogP contribution in [0.5, 0.6) is 0 Å². The molecule has 0 aliphatic carbocycles. The highest BCUT2D eigenvalue weighted by Gasteiger charge is 2.35. The molecule has 0 aromatic heterocycles. The van der Waals surface area contributed by atoms with Gasteiger partial charge in [-0.2, -0.15) is 0 Å². The Labute approximate surface area is 125 Å². The fourth-order valence-electron chi connectivity index (χ4n) is 2.18. The van der Waals surface area contributed by atoms with Gasteiger partial charge in [-0.25, -0.2) is 0 Å². The van der Waals surface area contributed by atoms with Gasteiger partial charge >= 0.3 is 0 Å². The largest absolute Gasteiger partial charge is 0.396 e. The van der Waals surface area contributed by atoms with E-state index in [2.05, 4.69) is 38.3 Å². The summed E-state index contributed by atoms with van der Waals surface area (Å²) in [5.41, 5.74) is 0.306. The Kier molecular flexibility index (Phi) is 10.5. The molecule has 4 nitrogen and oxygen atoms in total. The lowest BCUT2D eigenvalue weighted by molar-refractivity contribution is 0.134. The first-order valence-electron chi connectivity index (χ1n) is 8.05. The van der Waals surface area contributed by atoms with Crippen molar-refractivity contribution in [1.82, 2.24) is 10.6 Å². The molecule has 0 bridgehead atoms. The summed E-state index contributed by atoms with van der Waals surface area (Å²) >= 11 is 0. The van der Waals surface area contributed by atoms with E-state index in [1.807, 2.05) is 0 Å². The van der Waals surface area contributed by atoms with Crippen molar-refractivity contribution in [2.24, 2.45) is 5.41 Å². The summed E-state index contributed by atoms with van der Waals surface area (Å²) in [5, 5.41) is 24.5. The van der Waals surface area contributed by atoms with Crippen LogP contribution in [-0.2, 0) is 0 Å². The van der Waals surface area contributed by atoms with Crippen molar-refractivity contribution in [3.63, 3.8) is 0 Å². The third-order valence-corrected chi connectivity index (χ3v) is 4.51. The fraction of sp³-hybridized carbons (Fsp3) is 1.00. The molecule has 0 heterocycles. The summed E-state index contributed by atoms with van der Waals surface area (Å²) < 4.78 is 0. The maximum Gasteiger partial charge on any atom is 0.0443 e. The van der Waals surface area contributed by atoms with Crippen molar-refractivity contribution in [3.8, 4) is 0 Å². The number of hydrogen-bond donors (Lipinski definition) is 4. The summed E-state index contributed by atoms with van der Waals surface area (Å²) in [7, 11) is 0. The van der Waals surface area contributed by atoms with E-state index in [-0.39, 0.29) is 24.2 Å². The SMILES string of the molecule is CC(C)(CCCCNCCCO)C(C)(C)NCCCO. The lowest BCUT2D eigenvalue weighted by Crippen LogP contribution is -2.51. The highest BCUT2D eigenvalue weighted by atomic mass is 16.3. The van der Waals surface area contributed by atoms with Gasteiger partial charge in [0.1, 0.15) is 0 Å². The van der Waals surface area contributed by atoms with Crippen LogP contribution in [0.3, 0.4) is 0 Å². The van der Waals surface area contributed by atoms with Gasteiger partial charge < -0.3 is 20.8 Å². The molecular formula is C16H36N2O2. The average Bonchev–Trinajstić information content (AvgIpc) is 2.37. The second-order valence-electron chi connectivity index (χ2n) is 6.80. The maximum absolute atomic E-state index is 8.87. The minimum absolute atomic E-state index is 0.0759. The zero-order chi connectivity index (χ0) is 15.5. The van der Waals surface area contributed by atoms with Gasteiger partial charge in [-0.1, -0.05) is 20.3 Å². The molecule has 0 amide bonds. The van der Waals surface area contributed by atoms with Crippen LogP contribution in [0.1, 0.15) is 59.8 Å². The van der Waals surface area contributed by atoms with Gasteiger partial charge in [0, 0.05) is 18.8 Å². The number of aliphatic hydroxyl groups excluding tert-OH is 2. The Morgan fingerprint density at radius 1 is 0.750 bits per heavy atom. The van der Waals surface area contributed by atoms with Crippen molar-refractivity contribution < 1.29 is 10.2 Å². The predicted molar refractivity (Wildman–Crippen MR) is 86.0 cm³/mol. The first kappa shape index (κ1) is 19.8. The quantitative estimate of drug-likeness (QED) is 0.391. The van der Waals surface area contributed by atoms with Crippen LogP contribution in [0, 0.1) is 5.41 Å². The lowest BCUT2D eigenvalue weighted by Gasteiger charge is -2.43. The molecule has 0 aromatic carbocycles. The summed E-state index contributed by atoms with van der Waals surface area (Å²) in [5.74, 6) is 0. The smallest absolute Gasteiger partial charge is 0.0443 e. The maximum atomic E-state index is 8.87. The van der Waals surface area contributed by atoms with Crippen LogP contribution in [0.2, 0.25) is 0 Å². The topological polar surface area (TPSA) is 64.5 Å². The van der Waals surface area contributed by atoms with E-state index in [1.165, 1.54) is 19.3 Å². The minimum Gasteiger partial charge on any atom is -0.396 e. The van der Waals surface area contributed by atoms with E-state index in [4.69, 9.17) is 10.2 Å². The number of rotatable bonds is 13. The van der Waals surface area contributed by atoms with E-state index in [0.717, 1.165) is 32.5 Å². The van der Waals surface area contributed by atoms with Gasteiger partial charge in [0.05, 0.1) is 0 Å². The summed E-state index contributed by atoms with van der Waals surface area (Å²) in [4.78, 5) is 0. The Bertz CT molecular complexity index is 231. The van der Waals surface area contributed by atoms with Crippen LogP contribution in [-0.4, -0.2) is 48.6 Å². The third kappa shape index (κ3) is 8.20. The first-order valence-corrected chi connectivity index (χ1v) is 8.05. The molecule has 0 aromatic rings. The van der Waals surface area contributed by atoms with Crippen LogP contribution >= 0.6 is 0 Å². The van der Waals surface area contributed by atoms with Gasteiger partial charge in [-0.05, 0) is 64.6 Å². The molecule has 0 aliphatic heterocycles. The van der Waals surface area contributed by atoms with E-state index in [9.17, 15) is 0 Å². The van der Waals surface area contributed by atoms with E-state index >= 15 is 0 Å². The van der Waals surface area contributed by atoms with Crippen LogP contribution < -0.4 is 10.6 Å². The molecule has 122 valence electrons. The number of hydrogen-bond acceptors (Lipinski definition) is 4. The predicted octanol–water partition coefficient (Wildman–Crippen LogP) is 1.91. The Morgan fingerprint density at radius 3 is 1.90 bits per heavy atom. The van der Waals surface area contributed by atoms with Gasteiger partial charge in [0.2, 0.25) is 0 Å². The van der Waals surface area contributed by atoms with Crippen LogP contribution in [0.25, 0.3) is 0 Å². The molecule has 0 fully saturated rings. The standard InChI is InChI=1S/C16H36N2O2/c1-15(2,16(3,4)18-12-8-14-20)9-5-6-10-17-11-7-13-19/h17-20H,5-14H2,1-4H3. The average molecular weight is 288 g/mol. The number of unbranched alkanes of at least 4 members (excludes halogenated alkanes) is 1. The van der Waals surface area contributed by atoms with E-state index in [1.54, 1.807) is 0 Å². The zero-order valence-electron chi connectivity index (χ0n) is 14.0. The number of nitrogens with one attached hydrogen (secondary N) is 2. The van der Waals surface area contributed by atoms with Gasteiger partial charge in [-0.3, -0.25) is 0 Å². The second kappa shape index (κ2) is 10.6. The van der Waals surface area contributed by atoms with E-state index in [0.29, 0.717) is 0 Å². The molecule has 0 rings (SSSR count). The summed E-state index contributed by atoms with van der Waals surface area (Å²) in [6, 6.07) is 0. The van der Waals surface area contributed by atoms with Gasteiger partial charge in [-0.15, -0.1) is 0 Å². The normalized spacial score (nSPS) is 12.9. The highest BCUT2D eigenvalue weighted by molar-refractivity contribution is 4.92. The first-order chi connectivity index (χ1) is 9.37. The minimum atomic E-state index is 0.0759. The fourth-order valence-corrected chi connectivity index (χ4v) is 2.18. The molecule has 4 heteroatoms. The van der Waals surface area contributed by atoms with Crippen LogP contribution in [0.15, 0.2) is 0 Å². The molecule has 4 N–H and O–H groups in total. The molecule has 0 radical (unpaired) electrons. The molecule has 0 atom stereocenters. The second-order valence-corrected chi connectivity index (χ2v) is 6.80. The zero-order valence-corrected chi connectivity index (χ0v) is 14.0. The Hall–Kier alpha value is -0.160. The van der Waals surface area contributed by atoms with Crippen LogP contribution in [0.4, 0.5) is 0 Å². The van der Waals surface area contributed by atoms with Crippen molar-refractivity contribution in [2.75, 3.05) is 32.8 Å². The van der Waals surface area contributed by atoms with Crippen molar-refractivity contribution in [1.29, 1.82) is 0 Å². The molecular weight excluding hydrogens is 252 g/mol. The van der Waals surface area contributed by atoms with Crippen molar-refractivity contribution in [3.05, 3.63) is 0 Å². The monoisotopic (exact) mass is 288 g/mol. The number of aliphatic hydroxyl groups is 2. The van der Waals surface area contributed by atoms with Crippen molar-refractivity contribution in [2.45, 2.75) is 65.3 Å². The molecule has 0 aliphatic rings. The molecule has 0 spiro atoms.